The van der Waals surface area contributed by atoms with Gasteiger partial charge in [-0.2, -0.15) is 0 Å². The van der Waals surface area contributed by atoms with E-state index < -0.39 is 17.5 Å². The first-order chi connectivity index (χ1) is 14.0. The van der Waals surface area contributed by atoms with Crippen LogP contribution >= 0.6 is 11.3 Å². The number of amides is 1. The zero-order valence-corrected chi connectivity index (χ0v) is 17.1. The second-order valence-corrected chi connectivity index (χ2v) is 8.32. The first kappa shape index (κ1) is 19.4. The fourth-order valence-corrected chi connectivity index (χ4v) is 5.04. The van der Waals surface area contributed by atoms with Gasteiger partial charge in [0.2, 0.25) is 0 Å². The van der Waals surface area contributed by atoms with Crippen LogP contribution in [0.4, 0.5) is 5.00 Å². The van der Waals surface area contributed by atoms with Crippen LogP contribution in [0.1, 0.15) is 51.4 Å². The standard InChI is InChI=1S/C22H21NO5S/c1-3-27-22(26)18-14-9-8-12(2)10-17(14)29-20(18)23-19(24)15-11-13-6-4-5-7-16(13)28-21(15)25/h4-7,11-12H,3,8-10H2,1-2H3,(H,23,24)/t12-/m0/s1. The van der Waals surface area contributed by atoms with Crippen molar-refractivity contribution in [2.75, 3.05) is 11.9 Å². The van der Waals surface area contributed by atoms with Crippen molar-refractivity contribution in [1.29, 1.82) is 0 Å². The van der Waals surface area contributed by atoms with Crippen molar-refractivity contribution in [3.05, 3.63) is 62.3 Å². The Kier molecular flexibility index (Phi) is 5.24. The van der Waals surface area contributed by atoms with Crippen molar-refractivity contribution in [1.82, 2.24) is 0 Å². The molecule has 0 saturated heterocycles. The number of anilines is 1. The Labute approximate surface area is 171 Å². The summed E-state index contributed by atoms with van der Waals surface area (Å²) < 4.78 is 10.5. The largest absolute Gasteiger partial charge is 0.462 e. The van der Waals surface area contributed by atoms with Crippen LogP contribution in [0.5, 0.6) is 0 Å². The molecule has 4 rings (SSSR count). The summed E-state index contributed by atoms with van der Waals surface area (Å²) in [5.41, 5.74) is 0.971. The van der Waals surface area contributed by atoms with Crippen molar-refractivity contribution in [2.45, 2.75) is 33.1 Å². The molecule has 29 heavy (non-hydrogen) atoms. The number of carbonyl (C=O) groups is 2. The van der Waals surface area contributed by atoms with Gasteiger partial charge in [-0.1, -0.05) is 25.1 Å². The molecule has 1 aromatic carbocycles. The van der Waals surface area contributed by atoms with Crippen LogP contribution in [0.3, 0.4) is 0 Å². The molecule has 0 bridgehead atoms. The summed E-state index contributed by atoms with van der Waals surface area (Å²) in [7, 11) is 0. The summed E-state index contributed by atoms with van der Waals surface area (Å²) in [4.78, 5) is 38.9. The highest BCUT2D eigenvalue weighted by molar-refractivity contribution is 7.17. The third-order valence-corrected chi connectivity index (χ3v) is 6.27. The molecular weight excluding hydrogens is 390 g/mol. The lowest BCUT2D eigenvalue weighted by Crippen LogP contribution is -2.21. The van der Waals surface area contributed by atoms with Crippen molar-refractivity contribution >= 4 is 39.2 Å². The quantitative estimate of drug-likeness (QED) is 0.508. The van der Waals surface area contributed by atoms with Crippen molar-refractivity contribution in [3.63, 3.8) is 0 Å². The predicted octanol–water partition coefficient (Wildman–Crippen LogP) is 4.41. The summed E-state index contributed by atoms with van der Waals surface area (Å²) in [6.07, 6.45) is 2.62. The average molecular weight is 411 g/mol. The zero-order chi connectivity index (χ0) is 20.5. The summed E-state index contributed by atoms with van der Waals surface area (Å²) in [6, 6.07) is 8.51. The van der Waals surface area contributed by atoms with E-state index in [1.165, 1.54) is 17.4 Å². The average Bonchev–Trinajstić information content (AvgIpc) is 3.04. The molecule has 0 unspecified atom stereocenters. The van der Waals surface area contributed by atoms with Crippen LogP contribution in [0, 0.1) is 5.92 Å². The maximum absolute atomic E-state index is 12.9. The van der Waals surface area contributed by atoms with E-state index >= 15 is 0 Å². The number of nitrogens with one attached hydrogen (secondary N) is 1. The molecule has 1 aliphatic rings. The lowest BCUT2D eigenvalue weighted by Gasteiger charge is -2.18. The van der Waals surface area contributed by atoms with Gasteiger partial charge in [-0.25, -0.2) is 9.59 Å². The predicted molar refractivity (Wildman–Crippen MR) is 112 cm³/mol. The highest BCUT2D eigenvalue weighted by Crippen LogP contribution is 2.40. The molecule has 1 N–H and O–H groups in total. The van der Waals surface area contributed by atoms with E-state index in [-0.39, 0.29) is 12.2 Å². The van der Waals surface area contributed by atoms with E-state index in [0.29, 0.717) is 27.5 Å². The Balaban J connectivity index is 1.72. The molecule has 1 aliphatic carbocycles. The molecular formula is C22H21NO5S. The van der Waals surface area contributed by atoms with E-state index in [1.807, 2.05) is 0 Å². The van der Waals surface area contributed by atoms with Crippen molar-refractivity contribution in [2.24, 2.45) is 5.92 Å². The first-order valence-electron chi connectivity index (χ1n) is 9.63. The van der Waals surface area contributed by atoms with Gasteiger partial charge < -0.3 is 14.5 Å². The maximum atomic E-state index is 12.9. The minimum Gasteiger partial charge on any atom is -0.462 e. The van der Waals surface area contributed by atoms with E-state index in [2.05, 4.69) is 12.2 Å². The number of para-hydroxylation sites is 1. The number of ether oxygens (including phenoxy) is 1. The summed E-state index contributed by atoms with van der Waals surface area (Å²) in [6.45, 7) is 4.17. The third kappa shape index (κ3) is 3.70. The van der Waals surface area contributed by atoms with Gasteiger partial charge in [0.1, 0.15) is 16.1 Å². The number of thiophene rings is 1. The third-order valence-electron chi connectivity index (χ3n) is 5.10. The van der Waals surface area contributed by atoms with Gasteiger partial charge in [0, 0.05) is 10.3 Å². The minimum atomic E-state index is -0.714. The van der Waals surface area contributed by atoms with Crippen LogP contribution in [0.25, 0.3) is 11.0 Å². The molecule has 0 spiro atoms. The highest BCUT2D eigenvalue weighted by atomic mass is 32.1. The number of fused-ring (bicyclic) bond motifs is 2. The molecule has 3 aromatic rings. The van der Waals surface area contributed by atoms with Crippen LogP contribution < -0.4 is 10.9 Å². The SMILES string of the molecule is CCOC(=O)c1c(NC(=O)c2cc3ccccc3oc2=O)sc2c1CC[C@H](C)C2. The summed E-state index contributed by atoms with van der Waals surface area (Å²) in [5.74, 6) is -0.519. The molecule has 1 amide bonds. The van der Waals surface area contributed by atoms with E-state index in [4.69, 9.17) is 9.15 Å². The first-order valence-corrected chi connectivity index (χ1v) is 10.5. The second kappa shape index (κ2) is 7.83. The maximum Gasteiger partial charge on any atom is 0.349 e. The van der Waals surface area contributed by atoms with Gasteiger partial charge in [0.15, 0.2) is 0 Å². The Hall–Kier alpha value is -2.93. The number of rotatable bonds is 4. The van der Waals surface area contributed by atoms with Gasteiger partial charge in [-0.05, 0) is 49.8 Å². The van der Waals surface area contributed by atoms with E-state index in [9.17, 15) is 14.4 Å². The minimum absolute atomic E-state index is 0.0988. The number of carbonyl (C=O) groups excluding carboxylic acids is 2. The molecule has 6 nitrogen and oxygen atoms in total. The number of esters is 1. The van der Waals surface area contributed by atoms with Crippen LogP contribution in [0.2, 0.25) is 0 Å². The number of benzene rings is 1. The Morgan fingerprint density at radius 2 is 2.10 bits per heavy atom. The molecule has 2 aromatic heterocycles. The molecule has 7 heteroatoms. The van der Waals surface area contributed by atoms with Crippen molar-refractivity contribution in [3.8, 4) is 0 Å². The summed E-state index contributed by atoms with van der Waals surface area (Å²) >= 11 is 1.39. The number of hydrogen-bond donors (Lipinski definition) is 1. The topological polar surface area (TPSA) is 85.6 Å². The lowest BCUT2D eigenvalue weighted by atomic mass is 9.88. The molecule has 0 fully saturated rings. The van der Waals surface area contributed by atoms with Gasteiger partial charge in [0.05, 0.1) is 12.2 Å². The molecule has 1 atom stereocenters. The smallest absolute Gasteiger partial charge is 0.349 e. The van der Waals surface area contributed by atoms with Gasteiger partial charge in [0.25, 0.3) is 5.91 Å². The van der Waals surface area contributed by atoms with Crippen LogP contribution in [0.15, 0.2) is 39.5 Å². The van der Waals surface area contributed by atoms with Crippen LogP contribution in [-0.2, 0) is 17.6 Å². The van der Waals surface area contributed by atoms with Crippen LogP contribution in [-0.4, -0.2) is 18.5 Å². The Bertz CT molecular complexity index is 1160. The van der Waals surface area contributed by atoms with E-state index in [0.717, 1.165) is 29.7 Å². The summed E-state index contributed by atoms with van der Waals surface area (Å²) in [5, 5.41) is 3.85. The normalized spacial score (nSPS) is 15.7. The van der Waals surface area contributed by atoms with Gasteiger partial charge in [-0.15, -0.1) is 11.3 Å². The van der Waals surface area contributed by atoms with Crippen molar-refractivity contribution < 1.29 is 18.7 Å². The zero-order valence-electron chi connectivity index (χ0n) is 16.2. The highest BCUT2D eigenvalue weighted by Gasteiger charge is 2.29. The lowest BCUT2D eigenvalue weighted by molar-refractivity contribution is 0.0526. The second-order valence-electron chi connectivity index (χ2n) is 7.22. The Morgan fingerprint density at radius 1 is 1.31 bits per heavy atom. The molecule has 2 heterocycles. The monoisotopic (exact) mass is 411 g/mol. The molecule has 0 aliphatic heterocycles. The fourth-order valence-electron chi connectivity index (χ4n) is 3.65. The van der Waals surface area contributed by atoms with Gasteiger partial charge >= 0.3 is 11.6 Å². The van der Waals surface area contributed by atoms with E-state index in [1.54, 1.807) is 31.2 Å². The van der Waals surface area contributed by atoms with Gasteiger partial charge in [-0.3, -0.25) is 4.79 Å². The number of hydrogen-bond acceptors (Lipinski definition) is 6. The fraction of sp³-hybridized carbons (Fsp3) is 0.318. The molecule has 0 saturated carbocycles. The Morgan fingerprint density at radius 3 is 2.90 bits per heavy atom. The molecule has 150 valence electrons. The molecule has 0 radical (unpaired) electrons.